The molecule has 3 saturated heterocycles. The van der Waals surface area contributed by atoms with Crippen LogP contribution in [0.4, 0.5) is 0 Å². The second-order valence-electron chi connectivity index (χ2n) is 14.4. The Morgan fingerprint density at radius 2 is 1.84 bits per heavy atom. The van der Waals surface area contributed by atoms with Gasteiger partial charge >= 0.3 is 5.97 Å². The molecule has 1 aromatic carbocycles. The highest BCUT2D eigenvalue weighted by Crippen LogP contribution is 2.61. The summed E-state index contributed by atoms with van der Waals surface area (Å²) in [6.45, 7) is 13.2. The summed E-state index contributed by atoms with van der Waals surface area (Å²) in [6, 6.07) is 6.95. The van der Waals surface area contributed by atoms with Gasteiger partial charge in [-0.1, -0.05) is 91.5 Å². The van der Waals surface area contributed by atoms with Gasteiger partial charge in [-0.3, -0.25) is 19.2 Å². The van der Waals surface area contributed by atoms with Crippen LogP contribution in [0.2, 0.25) is 0 Å². The quantitative estimate of drug-likeness (QED) is 0.150. The first kappa shape index (κ1) is 37.2. The van der Waals surface area contributed by atoms with Gasteiger partial charge in [0.05, 0.1) is 36.6 Å². The molecule has 10 nitrogen and oxygen atoms in total. The third-order valence-electron chi connectivity index (χ3n) is 11.0. The van der Waals surface area contributed by atoms with Crippen LogP contribution in [-0.2, 0) is 28.7 Å². The van der Waals surface area contributed by atoms with Crippen LogP contribution in [0.25, 0.3) is 0 Å². The maximum atomic E-state index is 14.9. The molecule has 49 heavy (non-hydrogen) atoms. The van der Waals surface area contributed by atoms with Crippen LogP contribution in [-0.4, -0.2) is 92.4 Å². The number of nitrogens with zero attached hydrogens (tertiary/aromatic N) is 2. The average molecular weight is 743 g/mol. The van der Waals surface area contributed by atoms with Crippen molar-refractivity contribution in [2.45, 2.75) is 119 Å². The minimum Gasteiger partial charge on any atom is -0.455 e. The molecular formula is C38H52BrN3O7. The molecule has 268 valence electrons. The Hall–Kier alpha value is -3.02. The monoisotopic (exact) mass is 741 g/mol. The normalized spacial score (nSPS) is 29.6. The van der Waals surface area contributed by atoms with E-state index in [1.807, 2.05) is 49.1 Å². The fraction of sp³-hybridized carbons (Fsp3) is 0.632. The lowest BCUT2D eigenvalue weighted by Crippen LogP contribution is -2.61. The van der Waals surface area contributed by atoms with Gasteiger partial charge in [0.25, 0.3) is 0 Å². The van der Waals surface area contributed by atoms with Crippen molar-refractivity contribution in [3.8, 4) is 0 Å². The Labute approximate surface area is 298 Å². The molecule has 3 aliphatic heterocycles. The van der Waals surface area contributed by atoms with Gasteiger partial charge in [0.1, 0.15) is 17.7 Å². The van der Waals surface area contributed by atoms with Gasteiger partial charge in [-0.25, -0.2) is 0 Å². The van der Waals surface area contributed by atoms with Gasteiger partial charge in [0.15, 0.2) is 0 Å². The van der Waals surface area contributed by atoms with E-state index in [4.69, 9.17) is 9.47 Å². The van der Waals surface area contributed by atoms with E-state index in [1.165, 1.54) is 4.90 Å². The fourth-order valence-electron chi connectivity index (χ4n) is 8.64. The fourth-order valence-corrected chi connectivity index (χ4v) is 9.58. The number of allylic oxidation sites excluding steroid dienone is 1. The molecule has 2 N–H and O–H groups in total. The number of esters is 1. The molecule has 5 rings (SSSR count). The zero-order chi connectivity index (χ0) is 35.5. The zero-order valence-electron chi connectivity index (χ0n) is 29.0. The Bertz CT molecular complexity index is 1380. The van der Waals surface area contributed by atoms with Crippen LogP contribution in [0.5, 0.6) is 0 Å². The molecule has 0 radical (unpaired) electrons. The molecule has 0 aromatic heterocycles. The number of carbonyl (C=O) groups excluding carboxylic acids is 4. The van der Waals surface area contributed by atoms with E-state index in [9.17, 15) is 24.3 Å². The van der Waals surface area contributed by atoms with Gasteiger partial charge < -0.3 is 29.7 Å². The smallest absolute Gasteiger partial charge is 0.313 e. The Morgan fingerprint density at radius 3 is 2.45 bits per heavy atom. The van der Waals surface area contributed by atoms with Gasteiger partial charge in [0.2, 0.25) is 17.7 Å². The molecule has 9 atom stereocenters. The number of ether oxygens (including phenoxy) is 2. The van der Waals surface area contributed by atoms with E-state index in [1.54, 1.807) is 19.1 Å². The number of rotatable bonds is 15. The molecule has 1 saturated carbocycles. The molecule has 3 amide bonds. The van der Waals surface area contributed by atoms with Crippen molar-refractivity contribution in [3.05, 3.63) is 61.2 Å². The molecule has 1 aromatic rings. The molecule has 1 aliphatic carbocycles. The lowest BCUT2D eigenvalue weighted by Gasteiger charge is -2.43. The molecule has 1 spiro atoms. The SMILES string of the molecule is C=CCCC(=O)N[C@@H](C)[C@H](OC(=O)[C@H]1[C@@H]2O[C@@]3(CC2Br)[C@@H]1C(=O)N([C@@H](CO)C(C)C)[C@@H]3C(=O)N(CC=C)C1CCCCC1)c1ccccc1. The number of amides is 3. The summed E-state index contributed by atoms with van der Waals surface area (Å²) in [4.78, 5) is 59.9. The number of benzene rings is 1. The minimum absolute atomic E-state index is 0.00668. The first-order chi connectivity index (χ1) is 23.5. The second-order valence-corrected chi connectivity index (χ2v) is 15.6. The number of hydrogen-bond donors (Lipinski definition) is 2. The first-order valence-electron chi connectivity index (χ1n) is 17.8. The van der Waals surface area contributed by atoms with Crippen molar-refractivity contribution in [3.63, 3.8) is 0 Å². The molecule has 11 heteroatoms. The van der Waals surface area contributed by atoms with E-state index < -0.39 is 53.7 Å². The van der Waals surface area contributed by atoms with Crippen molar-refractivity contribution in [2.75, 3.05) is 13.2 Å². The first-order valence-corrected chi connectivity index (χ1v) is 18.7. The maximum absolute atomic E-state index is 14.9. The zero-order valence-corrected chi connectivity index (χ0v) is 30.6. The average Bonchev–Trinajstić information content (AvgIpc) is 3.69. The third kappa shape index (κ3) is 7.13. The number of aliphatic hydroxyl groups is 1. The van der Waals surface area contributed by atoms with Crippen LogP contribution in [0.3, 0.4) is 0 Å². The van der Waals surface area contributed by atoms with E-state index in [-0.39, 0.29) is 47.5 Å². The van der Waals surface area contributed by atoms with Crippen LogP contribution in [0, 0.1) is 17.8 Å². The highest BCUT2D eigenvalue weighted by atomic mass is 79.9. The van der Waals surface area contributed by atoms with Crippen LogP contribution in [0.15, 0.2) is 55.6 Å². The van der Waals surface area contributed by atoms with Gasteiger partial charge in [-0.2, -0.15) is 0 Å². The topological polar surface area (TPSA) is 125 Å². The number of likely N-dealkylation sites (tertiary alicyclic amines) is 1. The number of carbonyl (C=O) groups is 4. The summed E-state index contributed by atoms with van der Waals surface area (Å²) in [5.41, 5.74) is -0.596. The van der Waals surface area contributed by atoms with Crippen molar-refractivity contribution >= 4 is 39.6 Å². The van der Waals surface area contributed by atoms with Gasteiger partial charge in [-0.05, 0) is 44.1 Å². The standard InChI is InChI=1S/C38H52BrN3O7/c1-6-8-19-29(44)40-24(5)32(25-15-11-9-12-16-25)48-37(47)30-31-35(45)42(28(22-43)23(3)4)34(38(31)21-27(39)33(30)49-38)36(46)41(20-7-2)26-17-13-10-14-18-26/h6-7,9,11-12,15-16,23-24,26-28,30-34,43H,1-2,8,10,13-14,17-22H2,3-5H3,(H,40,44)/t24-,27?,28-,30+,31-,32-,33+,34+,38-/m0/s1. The molecule has 4 aliphatic rings. The molecule has 2 bridgehead atoms. The molecular weight excluding hydrogens is 690 g/mol. The van der Waals surface area contributed by atoms with E-state index >= 15 is 0 Å². The summed E-state index contributed by atoms with van der Waals surface area (Å²) in [7, 11) is 0. The Morgan fingerprint density at radius 1 is 1.14 bits per heavy atom. The lowest BCUT2D eigenvalue weighted by atomic mass is 9.70. The Balaban J connectivity index is 1.51. The van der Waals surface area contributed by atoms with Gasteiger partial charge in [-0.15, -0.1) is 13.2 Å². The van der Waals surface area contributed by atoms with E-state index in [2.05, 4.69) is 34.4 Å². The maximum Gasteiger partial charge on any atom is 0.313 e. The predicted octanol–water partition coefficient (Wildman–Crippen LogP) is 4.85. The minimum atomic E-state index is -1.29. The van der Waals surface area contributed by atoms with Crippen LogP contribution in [0.1, 0.15) is 83.8 Å². The van der Waals surface area contributed by atoms with Crippen molar-refractivity contribution in [2.24, 2.45) is 17.8 Å². The summed E-state index contributed by atoms with van der Waals surface area (Å²) < 4.78 is 13.1. The highest BCUT2D eigenvalue weighted by molar-refractivity contribution is 9.09. The summed E-state index contributed by atoms with van der Waals surface area (Å²) >= 11 is 3.76. The van der Waals surface area contributed by atoms with Crippen LogP contribution >= 0.6 is 15.9 Å². The summed E-state index contributed by atoms with van der Waals surface area (Å²) in [6.07, 6.45) is 7.85. The number of aliphatic hydroxyl groups excluding tert-OH is 1. The number of halogens is 1. The summed E-state index contributed by atoms with van der Waals surface area (Å²) in [5.74, 6) is -3.57. The number of fused-ring (bicyclic) bond motifs is 1. The number of nitrogens with one attached hydrogen (secondary N) is 1. The second kappa shape index (κ2) is 15.9. The van der Waals surface area contributed by atoms with Crippen molar-refractivity contribution < 1.29 is 33.8 Å². The van der Waals surface area contributed by atoms with Gasteiger partial charge in [0, 0.05) is 23.8 Å². The lowest BCUT2D eigenvalue weighted by molar-refractivity contribution is -0.163. The summed E-state index contributed by atoms with van der Waals surface area (Å²) in [5, 5.41) is 13.6. The molecule has 4 fully saturated rings. The molecule has 3 heterocycles. The van der Waals surface area contributed by atoms with Crippen molar-refractivity contribution in [1.29, 1.82) is 0 Å². The highest BCUT2D eigenvalue weighted by Gasteiger charge is 2.78. The van der Waals surface area contributed by atoms with E-state index in [0.29, 0.717) is 24.9 Å². The van der Waals surface area contributed by atoms with Crippen LogP contribution < -0.4 is 5.32 Å². The molecule has 1 unspecified atom stereocenters. The predicted molar refractivity (Wildman–Crippen MR) is 189 cm³/mol. The van der Waals surface area contributed by atoms with Crippen molar-refractivity contribution in [1.82, 2.24) is 15.1 Å². The number of hydrogen-bond acceptors (Lipinski definition) is 7. The number of alkyl halides is 1. The largest absolute Gasteiger partial charge is 0.455 e. The van der Waals surface area contributed by atoms with E-state index in [0.717, 1.165) is 32.1 Å². The Kier molecular flexibility index (Phi) is 12.1. The third-order valence-corrected chi connectivity index (χ3v) is 11.8.